The molecule has 130 valence electrons. The highest BCUT2D eigenvalue weighted by Crippen LogP contribution is 2.26. The van der Waals surface area contributed by atoms with Crippen molar-refractivity contribution < 1.29 is 19.1 Å². The van der Waals surface area contributed by atoms with E-state index in [4.69, 9.17) is 0 Å². The summed E-state index contributed by atoms with van der Waals surface area (Å²) in [5, 5.41) is 2.51. The van der Waals surface area contributed by atoms with Gasteiger partial charge in [-0.05, 0) is 52.3 Å². The van der Waals surface area contributed by atoms with Crippen LogP contribution in [0.2, 0.25) is 0 Å². The highest BCUT2D eigenvalue weighted by Gasteiger charge is 2.35. The molecule has 1 aliphatic rings. The van der Waals surface area contributed by atoms with Gasteiger partial charge in [0.2, 0.25) is 0 Å². The minimum absolute atomic E-state index is 0.0925. The van der Waals surface area contributed by atoms with Crippen molar-refractivity contribution in [3.05, 3.63) is 28.7 Å². The van der Waals surface area contributed by atoms with Crippen LogP contribution in [-0.4, -0.2) is 41.0 Å². The molecule has 0 bridgehead atoms. The number of aryl methyl sites for hydroxylation is 1. The van der Waals surface area contributed by atoms with E-state index in [1.54, 1.807) is 6.08 Å². The van der Waals surface area contributed by atoms with Crippen LogP contribution in [0.5, 0.6) is 0 Å². The number of hydrogen-bond acceptors (Lipinski definition) is 4. The molecule has 0 unspecified atom stereocenters. The number of amides is 3. The Morgan fingerprint density at radius 1 is 1.29 bits per heavy atom. The van der Waals surface area contributed by atoms with Gasteiger partial charge in [0.1, 0.15) is 12.2 Å². The maximum absolute atomic E-state index is 12.3. The van der Waals surface area contributed by atoms with Crippen LogP contribution in [0.25, 0.3) is 6.08 Å². The number of carbonyl (C=O) groups excluding carboxylic acids is 3. The van der Waals surface area contributed by atoms with E-state index in [2.05, 4.69) is 35.4 Å². The summed E-state index contributed by atoms with van der Waals surface area (Å²) in [4.78, 5) is 36.4. The summed E-state index contributed by atoms with van der Waals surface area (Å²) >= 11 is 0. The van der Waals surface area contributed by atoms with Gasteiger partial charge >= 0.3 is 12.0 Å². The molecule has 2 rings (SSSR count). The molecule has 0 aliphatic carbocycles. The van der Waals surface area contributed by atoms with Crippen LogP contribution in [0.1, 0.15) is 37.7 Å². The Balaban J connectivity index is 2.35. The Hall–Kier alpha value is -2.57. The van der Waals surface area contributed by atoms with Crippen molar-refractivity contribution in [3.8, 4) is 0 Å². The molecule has 0 saturated carbocycles. The highest BCUT2D eigenvalue weighted by atomic mass is 16.5. The first-order valence-electron chi connectivity index (χ1n) is 7.67. The minimum Gasteiger partial charge on any atom is -0.468 e. The van der Waals surface area contributed by atoms with Crippen molar-refractivity contribution in [1.82, 2.24) is 14.8 Å². The second-order valence-corrected chi connectivity index (χ2v) is 6.79. The zero-order valence-electron chi connectivity index (χ0n) is 14.9. The fraction of sp³-hybridized carbons (Fsp3) is 0.471. The van der Waals surface area contributed by atoms with Gasteiger partial charge in [-0.25, -0.2) is 9.69 Å². The number of aromatic nitrogens is 1. The molecule has 1 N–H and O–H groups in total. The molecule has 24 heavy (non-hydrogen) atoms. The van der Waals surface area contributed by atoms with E-state index in [-0.39, 0.29) is 11.2 Å². The third-order valence-electron chi connectivity index (χ3n) is 3.92. The first kappa shape index (κ1) is 17.8. The SMILES string of the molecule is COC(=O)CN1C(=O)N/C(=C/c2cc(C)n(C(C)(C)C)c2C)C1=O. The molecule has 1 aromatic rings. The quantitative estimate of drug-likeness (QED) is 0.521. The van der Waals surface area contributed by atoms with Gasteiger partial charge in [-0.3, -0.25) is 9.59 Å². The molecule has 0 spiro atoms. The number of imide groups is 1. The van der Waals surface area contributed by atoms with Crippen LogP contribution in [0, 0.1) is 13.8 Å². The lowest BCUT2D eigenvalue weighted by molar-refractivity contribution is -0.143. The first-order valence-corrected chi connectivity index (χ1v) is 7.67. The molecule has 1 aromatic heterocycles. The van der Waals surface area contributed by atoms with Crippen LogP contribution in [0.3, 0.4) is 0 Å². The number of ether oxygens (including phenoxy) is 1. The number of methoxy groups -OCH3 is 1. The number of esters is 1. The zero-order chi connectivity index (χ0) is 18.2. The number of hydrogen-bond donors (Lipinski definition) is 1. The van der Waals surface area contributed by atoms with Crippen molar-refractivity contribution in [3.63, 3.8) is 0 Å². The average Bonchev–Trinajstić information content (AvgIpc) is 2.89. The lowest BCUT2D eigenvalue weighted by Crippen LogP contribution is -2.36. The second-order valence-electron chi connectivity index (χ2n) is 6.79. The number of nitrogens with one attached hydrogen (secondary N) is 1. The predicted molar refractivity (Wildman–Crippen MR) is 89.1 cm³/mol. The van der Waals surface area contributed by atoms with Crippen LogP contribution >= 0.6 is 0 Å². The molecule has 2 heterocycles. The third kappa shape index (κ3) is 3.20. The van der Waals surface area contributed by atoms with E-state index in [0.29, 0.717) is 0 Å². The Bertz CT molecular complexity index is 738. The van der Waals surface area contributed by atoms with Gasteiger partial charge in [0, 0.05) is 16.9 Å². The van der Waals surface area contributed by atoms with E-state index < -0.39 is 24.5 Å². The first-order chi connectivity index (χ1) is 11.1. The summed E-state index contributed by atoms with van der Waals surface area (Å²) < 4.78 is 6.68. The lowest BCUT2D eigenvalue weighted by atomic mass is 10.1. The van der Waals surface area contributed by atoms with E-state index in [1.165, 1.54) is 7.11 Å². The molecule has 0 aromatic carbocycles. The van der Waals surface area contributed by atoms with Crippen LogP contribution in [-0.2, 0) is 19.9 Å². The lowest BCUT2D eigenvalue weighted by Gasteiger charge is -2.25. The molecular weight excluding hydrogens is 310 g/mol. The van der Waals surface area contributed by atoms with E-state index >= 15 is 0 Å². The van der Waals surface area contributed by atoms with E-state index in [0.717, 1.165) is 21.9 Å². The zero-order valence-corrected chi connectivity index (χ0v) is 14.9. The maximum atomic E-state index is 12.3. The van der Waals surface area contributed by atoms with Gasteiger partial charge in [0.05, 0.1) is 7.11 Å². The predicted octanol–water partition coefficient (Wildman–Crippen LogP) is 1.93. The summed E-state index contributed by atoms with van der Waals surface area (Å²) in [6.45, 7) is 9.87. The van der Waals surface area contributed by atoms with Crippen molar-refractivity contribution in [2.45, 2.75) is 40.2 Å². The fourth-order valence-electron chi connectivity index (χ4n) is 3.03. The molecule has 0 radical (unpaired) electrons. The summed E-state index contributed by atoms with van der Waals surface area (Å²) in [5.74, 6) is -1.18. The molecule has 3 amide bonds. The second kappa shape index (κ2) is 6.14. The third-order valence-corrected chi connectivity index (χ3v) is 3.92. The largest absolute Gasteiger partial charge is 0.468 e. The van der Waals surface area contributed by atoms with Gasteiger partial charge in [-0.2, -0.15) is 0 Å². The number of carbonyl (C=O) groups is 3. The molecule has 7 nitrogen and oxygen atoms in total. The molecular formula is C17H23N3O4. The van der Waals surface area contributed by atoms with Crippen molar-refractivity contribution in [2.24, 2.45) is 0 Å². The highest BCUT2D eigenvalue weighted by molar-refractivity contribution is 6.15. The summed E-state index contributed by atoms with van der Waals surface area (Å²) in [6.07, 6.45) is 1.64. The van der Waals surface area contributed by atoms with Gasteiger partial charge in [-0.15, -0.1) is 0 Å². The molecule has 1 saturated heterocycles. The average molecular weight is 333 g/mol. The Kier molecular flexibility index (Phi) is 4.55. The van der Waals surface area contributed by atoms with Crippen molar-refractivity contribution in [2.75, 3.05) is 13.7 Å². The van der Waals surface area contributed by atoms with Crippen LogP contribution < -0.4 is 5.32 Å². The molecule has 0 atom stereocenters. The van der Waals surface area contributed by atoms with Crippen molar-refractivity contribution >= 4 is 24.0 Å². The monoisotopic (exact) mass is 333 g/mol. The van der Waals surface area contributed by atoms with Crippen LogP contribution in [0.4, 0.5) is 4.79 Å². The van der Waals surface area contributed by atoms with Crippen molar-refractivity contribution in [1.29, 1.82) is 0 Å². The van der Waals surface area contributed by atoms with Gasteiger partial charge in [-0.1, -0.05) is 0 Å². The Morgan fingerprint density at radius 3 is 2.42 bits per heavy atom. The Morgan fingerprint density at radius 2 is 1.92 bits per heavy atom. The van der Waals surface area contributed by atoms with Gasteiger partial charge in [0.15, 0.2) is 0 Å². The van der Waals surface area contributed by atoms with E-state index in [1.807, 2.05) is 19.9 Å². The van der Waals surface area contributed by atoms with Crippen LogP contribution in [0.15, 0.2) is 11.8 Å². The smallest absolute Gasteiger partial charge is 0.329 e. The number of urea groups is 1. The fourth-order valence-corrected chi connectivity index (χ4v) is 3.03. The molecule has 7 heteroatoms. The van der Waals surface area contributed by atoms with Gasteiger partial charge in [0.25, 0.3) is 5.91 Å². The summed E-state index contributed by atoms with van der Waals surface area (Å²) in [5.41, 5.74) is 2.98. The standard InChI is InChI=1S/C17H23N3O4/c1-10-7-12(11(2)20(10)17(3,4)5)8-13-15(22)19(16(23)18-13)9-14(21)24-6/h7-8H,9H2,1-6H3,(H,18,23)/b13-8+. The minimum atomic E-state index is -0.648. The summed E-state index contributed by atoms with van der Waals surface area (Å²) in [7, 11) is 1.21. The number of nitrogens with zero attached hydrogens (tertiary/aromatic N) is 2. The molecule has 1 aliphatic heterocycles. The maximum Gasteiger partial charge on any atom is 0.329 e. The Labute approximate surface area is 141 Å². The number of rotatable bonds is 3. The van der Waals surface area contributed by atoms with E-state index in [9.17, 15) is 14.4 Å². The topological polar surface area (TPSA) is 80.6 Å². The summed E-state index contributed by atoms with van der Waals surface area (Å²) in [6, 6.07) is 1.34. The normalized spacial score (nSPS) is 16.8. The van der Waals surface area contributed by atoms with Gasteiger partial charge < -0.3 is 14.6 Å². The molecule has 1 fully saturated rings.